The van der Waals surface area contributed by atoms with Crippen molar-refractivity contribution in [3.05, 3.63) is 59.7 Å². The Bertz CT molecular complexity index is 1270. The Morgan fingerprint density at radius 1 is 0.912 bits per heavy atom. The van der Waals surface area contributed by atoms with E-state index in [1.807, 2.05) is 24.3 Å². The third-order valence-electron chi connectivity index (χ3n) is 5.55. The van der Waals surface area contributed by atoms with Crippen molar-refractivity contribution in [1.29, 1.82) is 0 Å². The average molecular weight is 505 g/mol. The van der Waals surface area contributed by atoms with Gasteiger partial charge in [0, 0.05) is 30.5 Å². The average Bonchev–Trinajstić information content (AvgIpc) is 3.21. The Kier molecular flexibility index (Phi) is 5.88. The first-order valence-electron chi connectivity index (χ1n) is 9.90. The second-order valence-corrected chi connectivity index (χ2v) is 9.64. The zero-order chi connectivity index (χ0) is 24.9. The molecule has 0 radical (unpaired) electrons. The van der Waals surface area contributed by atoms with Crippen LogP contribution in [0.3, 0.4) is 0 Å². The third-order valence-corrected chi connectivity index (χ3v) is 7.45. The van der Waals surface area contributed by atoms with Crippen LogP contribution in [0.25, 0.3) is 10.9 Å². The summed E-state index contributed by atoms with van der Waals surface area (Å²) in [5.74, 6) is 0.600. The van der Waals surface area contributed by atoms with Crippen molar-refractivity contribution in [2.45, 2.75) is 23.3 Å². The van der Waals surface area contributed by atoms with Gasteiger partial charge in [-0.05, 0) is 30.3 Å². The SMILES string of the molecule is O=CC1CN(c2cc3ccccc3[nH]2)CCN1S(=O)(=O)c1cc(C(F)(F)F)cc(C(F)(F)F)c1. The van der Waals surface area contributed by atoms with E-state index >= 15 is 0 Å². The van der Waals surface area contributed by atoms with Gasteiger partial charge in [-0.15, -0.1) is 0 Å². The number of halogens is 6. The van der Waals surface area contributed by atoms with Crippen LogP contribution in [0, 0.1) is 0 Å². The number of nitrogens with one attached hydrogen (secondary N) is 1. The molecule has 0 aliphatic carbocycles. The molecule has 4 rings (SSSR count). The number of anilines is 1. The molecule has 0 saturated carbocycles. The molecule has 1 fully saturated rings. The van der Waals surface area contributed by atoms with E-state index in [1.165, 1.54) is 0 Å². The minimum absolute atomic E-state index is 0.0570. The molecule has 1 unspecified atom stereocenters. The number of aromatic amines is 1. The topological polar surface area (TPSA) is 73.5 Å². The van der Waals surface area contributed by atoms with Crippen LogP contribution in [-0.4, -0.2) is 49.7 Å². The minimum atomic E-state index is -5.20. The maximum absolute atomic E-state index is 13.2. The van der Waals surface area contributed by atoms with E-state index in [-0.39, 0.29) is 37.8 Å². The summed E-state index contributed by atoms with van der Waals surface area (Å²) in [4.78, 5) is 15.4. The fraction of sp³-hybridized carbons (Fsp3) is 0.286. The Balaban J connectivity index is 1.68. The number of nitrogens with zero attached hydrogens (tertiary/aromatic N) is 2. The Morgan fingerprint density at radius 3 is 2.09 bits per heavy atom. The largest absolute Gasteiger partial charge is 0.416 e. The Morgan fingerprint density at radius 2 is 1.53 bits per heavy atom. The fourth-order valence-electron chi connectivity index (χ4n) is 3.86. The first-order chi connectivity index (χ1) is 15.8. The second kappa shape index (κ2) is 8.31. The molecule has 1 aromatic heterocycles. The van der Waals surface area contributed by atoms with Gasteiger partial charge in [-0.25, -0.2) is 8.42 Å². The zero-order valence-corrected chi connectivity index (χ0v) is 18.0. The van der Waals surface area contributed by atoms with Gasteiger partial charge in [0.2, 0.25) is 10.0 Å². The lowest BCUT2D eigenvalue weighted by molar-refractivity contribution is -0.143. The van der Waals surface area contributed by atoms with Crippen LogP contribution in [0.1, 0.15) is 11.1 Å². The molecule has 1 aliphatic rings. The summed E-state index contributed by atoms with van der Waals surface area (Å²) in [5.41, 5.74) is -2.70. The maximum atomic E-state index is 13.2. The molecule has 1 aliphatic heterocycles. The maximum Gasteiger partial charge on any atom is 0.416 e. The standard InChI is InChI=1S/C21H17F6N3O3S/c22-20(23,24)14-8-15(21(25,26)27)10-17(9-14)34(32,33)30-6-5-29(11-16(30)12-31)19-7-13-3-1-2-4-18(13)28-19/h1-4,7-10,12,16,28H,5-6,11H2. The number of para-hydroxylation sites is 1. The van der Waals surface area contributed by atoms with Crippen molar-refractivity contribution < 1.29 is 39.6 Å². The van der Waals surface area contributed by atoms with Gasteiger partial charge in [0.1, 0.15) is 12.1 Å². The molecular weight excluding hydrogens is 488 g/mol. The Hall–Kier alpha value is -3.06. The molecule has 2 heterocycles. The number of rotatable bonds is 4. The molecule has 6 nitrogen and oxygen atoms in total. The van der Waals surface area contributed by atoms with E-state index in [1.54, 1.807) is 11.0 Å². The van der Waals surface area contributed by atoms with E-state index in [2.05, 4.69) is 4.98 Å². The van der Waals surface area contributed by atoms with Crippen molar-refractivity contribution in [3.8, 4) is 0 Å². The van der Waals surface area contributed by atoms with Crippen molar-refractivity contribution in [3.63, 3.8) is 0 Å². The van der Waals surface area contributed by atoms with Gasteiger partial charge >= 0.3 is 12.4 Å². The quantitative estimate of drug-likeness (QED) is 0.424. The fourth-order valence-corrected chi connectivity index (χ4v) is 5.48. The number of hydrogen-bond acceptors (Lipinski definition) is 4. The molecule has 0 spiro atoms. The number of hydrogen-bond donors (Lipinski definition) is 1. The lowest BCUT2D eigenvalue weighted by atomic mass is 10.1. The highest BCUT2D eigenvalue weighted by Crippen LogP contribution is 2.38. The van der Waals surface area contributed by atoms with Gasteiger partial charge in [0.05, 0.1) is 22.1 Å². The van der Waals surface area contributed by atoms with Gasteiger partial charge in [0.25, 0.3) is 0 Å². The van der Waals surface area contributed by atoms with E-state index in [4.69, 9.17) is 0 Å². The van der Waals surface area contributed by atoms with Crippen LogP contribution < -0.4 is 4.90 Å². The van der Waals surface area contributed by atoms with Gasteiger partial charge < -0.3 is 14.7 Å². The van der Waals surface area contributed by atoms with E-state index in [0.29, 0.717) is 16.4 Å². The molecule has 13 heteroatoms. The number of aldehydes is 1. The van der Waals surface area contributed by atoms with Crippen LogP contribution in [0.2, 0.25) is 0 Å². The van der Waals surface area contributed by atoms with Crippen LogP contribution in [-0.2, 0) is 27.2 Å². The van der Waals surface area contributed by atoms with Crippen LogP contribution in [0.5, 0.6) is 0 Å². The van der Waals surface area contributed by atoms with E-state index in [0.717, 1.165) is 10.9 Å². The summed E-state index contributed by atoms with van der Waals surface area (Å²) in [6.07, 6.45) is -10.1. The van der Waals surface area contributed by atoms with Crippen LogP contribution >= 0.6 is 0 Å². The van der Waals surface area contributed by atoms with Crippen LogP contribution in [0.4, 0.5) is 32.2 Å². The van der Waals surface area contributed by atoms with Gasteiger partial charge in [-0.2, -0.15) is 30.6 Å². The second-order valence-electron chi connectivity index (χ2n) is 7.75. The normalized spacial score (nSPS) is 18.4. The number of aromatic nitrogens is 1. The molecule has 1 saturated heterocycles. The van der Waals surface area contributed by atoms with Gasteiger partial charge in [-0.3, -0.25) is 0 Å². The molecule has 3 aromatic rings. The monoisotopic (exact) mass is 505 g/mol. The number of H-pyrrole nitrogens is 1. The molecule has 0 amide bonds. The van der Waals surface area contributed by atoms with Crippen LogP contribution in [0.15, 0.2) is 53.4 Å². The molecular formula is C21H17F6N3O3S. The smallest absolute Gasteiger partial charge is 0.355 e. The number of benzene rings is 2. The van der Waals surface area contributed by atoms with E-state index in [9.17, 15) is 39.6 Å². The molecule has 2 aromatic carbocycles. The highest BCUT2D eigenvalue weighted by molar-refractivity contribution is 7.89. The molecule has 182 valence electrons. The zero-order valence-electron chi connectivity index (χ0n) is 17.2. The number of carbonyl (C=O) groups excluding carboxylic acids is 1. The number of sulfonamides is 1. The molecule has 1 N–H and O–H groups in total. The molecule has 0 bridgehead atoms. The summed E-state index contributed by atoms with van der Waals surface area (Å²) in [6.45, 7) is -0.402. The van der Waals surface area contributed by atoms with Crippen molar-refractivity contribution in [1.82, 2.24) is 9.29 Å². The Labute approximate surface area is 189 Å². The predicted molar refractivity (Wildman–Crippen MR) is 111 cm³/mol. The van der Waals surface area contributed by atoms with Crippen molar-refractivity contribution in [2.75, 3.05) is 24.5 Å². The predicted octanol–water partition coefficient (Wildman–Crippen LogP) is 4.28. The number of fused-ring (bicyclic) bond motifs is 1. The summed E-state index contributed by atoms with van der Waals surface area (Å²) in [7, 11) is -4.85. The number of carbonyl (C=O) groups is 1. The summed E-state index contributed by atoms with van der Waals surface area (Å²) < 4.78 is 106. The highest BCUT2D eigenvalue weighted by atomic mass is 32.2. The first-order valence-corrected chi connectivity index (χ1v) is 11.3. The number of piperazine rings is 1. The summed E-state index contributed by atoms with van der Waals surface area (Å²) >= 11 is 0. The number of alkyl halides is 6. The first kappa shape index (κ1) is 24.1. The molecule has 1 atom stereocenters. The summed E-state index contributed by atoms with van der Waals surface area (Å²) in [6, 6.07) is 7.92. The minimum Gasteiger partial charge on any atom is -0.355 e. The van der Waals surface area contributed by atoms with Gasteiger partial charge in [-0.1, -0.05) is 18.2 Å². The third kappa shape index (κ3) is 4.49. The molecule has 34 heavy (non-hydrogen) atoms. The van der Waals surface area contributed by atoms with Crippen molar-refractivity contribution >= 4 is 33.0 Å². The highest BCUT2D eigenvalue weighted by Gasteiger charge is 2.41. The lowest BCUT2D eigenvalue weighted by Gasteiger charge is -2.38. The van der Waals surface area contributed by atoms with E-state index < -0.39 is 44.4 Å². The lowest BCUT2D eigenvalue weighted by Crippen LogP contribution is -2.56. The van der Waals surface area contributed by atoms with Gasteiger partial charge in [0.15, 0.2) is 0 Å². The summed E-state index contributed by atoms with van der Waals surface area (Å²) in [5, 5.41) is 0.874. The van der Waals surface area contributed by atoms with Crippen molar-refractivity contribution in [2.24, 2.45) is 0 Å².